The fourth-order valence-electron chi connectivity index (χ4n) is 3.31. The molecular formula is C22H19Cl2NO3. The Morgan fingerprint density at radius 2 is 1.79 bits per heavy atom. The van der Waals surface area contributed by atoms with Gasteiger partial charge in [0.15, 0.2) is 0 Å². The maximum atomic E-state index is 13.3. The standard InChI is InChI=1S/C22H19Cl2NO3/c1-13(16-7-5-4-6-8-16)25-14(2)20(22(27)28-3)17(21(25)26)11-15-9-10-18(23)19(24)12-15/h4-13H,1-3H3/b17-11-/t13-/m1/s1. The monoisotopic (exact) mass is 415 g/mol. The lowest BCUT2D eigenvalue weighted by atomic mass is 10.0. The first kappa shape index (κ1) is 20.2. The number of ether oxygens (including phenoxy) is 1. The minimum absolute atomic E-state index is 0.243. The average Bonchev–Trinajstić information content (AvgIpc) is 2.94. The van der Waals surface area contributed by atoms with Crippen LogP contribution in [0, 0.1) is 0 Å². The van der Waals surface area contributed by atoms with E-state index in [9.17, 15) is 9.59 Å². The first-order valence-corrected chi connectivity index (χ1v) is 9.45. The van der Waals surface area contributed by atoms with Gasteiger partial charge in [0.05, 0.1) is 34.3 Å². The number of nitrogens with zero attached hydrogens (tertiary/aromatic N) is 1. The number of methoxy groups -OCH3 is 1. The van der Waals surface area contributed by atoms with Crippen LogP contribution in [0.25, 0.3) is 6.08 Å². The predicted molar refractivity (Wildman–Crippen MR) is 111 cm³/mol. The van der Waals surface area contributed by atoms with Gasteiger partial charge in [-0.1, -0.05) is 59.6 Å². The molecule has 2 aromatic carbocycles. The van der Waals surface area contributed by atoms with Gasteiger partial charge in [-0.05, 0) is 43.2 Å². The van der Waals surface area contributed by atoms with E-state index in [1.807, 2.05) is 37.3 Å². The van der Waals surface area contributed by atoms with E-state index < -0.39 is 5.97 Å². The predicted octanol–water partition coefficient (Wildman–Crippen LogP) is 5.43. The van der Waals surface area contributed by atoms with E-state index in [2.05, 4.69) is 0 Å². The third-order valence-corrected chi connectivity index (χ3v) is 5.49. The summed E-state index contributed by atoms with van der Waals surface area (Å²) in [5, 5.41) is 0.789. The van der Waals surface area contributed by atoms with E-state index in [-0.39, 0.29) is 23.1 Å². The van der Waals surface area contributed by atoms with Crippen molar-refractivity contribution in [1.29, 1.82) is 0 Å². The van der Waals surface area contributed by atoms with Crippen LogP contribution in [0.1, 0.15) is 31.0 Å². The number of allylic oxidation sites excluding steroid dienone is 1. The Morgan fingerprint density at radius 1 is 1.11 bits per heavy atom. The molecule has 0 saturated carbocycles. The third kappa shape index (κ3) is 3.71. The summed E-state index contributed by atoms with van der Waals surface area (Å²) in [5.74, 6) is -0.819. The molecule has 0 aromatic heterocycles. The Morgan fingerprint density at radius 3 is 2.39 bits per heavy atom. The van der Waals surface area contributed by atoms with Gasteiger partial charge >= 0.3 is 5.97 Å². The van der Waals surface area contributed by atoms with E-state index in [1.54, 1.807) is 36.1 Å². The first-order chi connectivity index (χ1) is 13.3. The summed E-state index contributed by atoms with van der Waals surface area (Å²) in [6.07, 6.45) is 1.64. The van der Waals surface area contributed by atoms with Crippen LogP contribution in [0.5, 0.6) is 0 Å². The number of amides is 1. The normalized spacial score (nSPS) is 16.7. The second-order valence-corrected chi connectivity index (χ2v) is 7.26. The van der Waals surface area contributed by atoms with Crippen LogP contribution >= 0.6 is 23.2 Å². The third-order valence-electron chi connectivity index (χ3n) is 4.76. The molecule has 4 nitrogen and oxygen atoms in total. The van der Waals surface area contributed by atoms with Gasteiger partial charge in [-0.15, -0.1) is 0 Å². The highest BCUT2D eigenvalue weighted by Crippen LogP contribution is 2.38. The smallest absolute Gasteiger partial charge is 0.340 e. The Hall–Kier alpha value is -2.56. The summed E-state index contributed by atoms with van der Waals surface area (Å²) < 4.78 is 4.93. The van der Waals surface area contributed by atoms with Crippen LogP contribution in [-0.4, -0.2) is 23.9 Å². The largest absolute Gasteiger partial charge is 0.465 e. The van der Waals surface area contributed by atoms with E-state index in [0.717, 1.165) is 5.56 Å². The van der Waals surface area contributed by atoms with Crippen molar-refractivity contribution in [2.24, 2.45) is 0 Å². The lowest BCUT2D eigenvalue weighted by Crippen LogP contribution is -2.28. The molecule has 0 spiro atoms. The van der Waals surface area contributed by atoms with Gasteiger partial charge in [0.1, 0.15) is 0 Å². The minimum Gasteiger partial charge on any atom is -0.465 e. The van der Waals surface area contributed by atoms with E-state index >= 15 is 0 Å². The van der Waals surface area contributed by atoms with Crippen molar-refractivity contribution in [3.05, 3.63) is 86.5 Å². The molecule has 0 bridgehead atoms. The van der Waals surface area contributed by atoms with E-state index in [1.165, 1.54) is 7.11 Å². The molecule has 1 heterocycles. The summed E-state index contributed by atoms with van der Waals surface area (Å²) in [4.78, 5) is 27.3. The number of hydrogen-bond donors (Lipinski definition) is 0. The van der Waals surface area contributed by atoms with Gasteiger partial charge in [0.25, 0.3) is 5.91 Å². The highest BCUT2D eigenvalue weighted by Gasteiger charge is 2.39. The fourth-order valence-corrected chi connectivity index (χ4v) is 3.62. The second kappa shape index (κ2) is 8.21. The van der Waals surface area contributed by atoms with Crippen LogP contribution in [0.3, 0.4) is 0 Å². The molecule has 1 atom stereocenters. The topological polar surface area (TPSA) is 46.6 Å². The zero-order chi connectivity index (χ0) is 20.4. The molecule has 0 fully saturated rings. The summed E-state index contributed by atoms with van der Waals surface area (Å²) in [6, 6.07) is 14.4. The number of benzene rings is 2. The van der Waals surface area contributed by atoms with Crippen molar-refractivity contribution < 1.29 is 14.3 Å². The van der Waals surface area contributed by atoms with E-state index in [0.29, 0.717) is 21.3 Å². The summed E-state index contributed by atoms with van der Waals surface area (Å²) in [6.45, 7) is 3.67. The van der Waals surface area contributed by atoms with Crippen LogP contribution in [0.2, 0.25) is 10.0 Å². The molecule has 28 heavy (non-hydrogen) atoms. The number of carbonyl (C=O) groups is 2. The second-order valence-electron chi connectivity index (χ2n) is 6.45. The maximum Gasteiger partial charge on any atom is 0.340 e. The molecule has 6 heteroatoms. The summed E-state index contributed by atoms with van der Waals surface area (Å²) in [5.41, 5.74) is 2.71. The van der Waals surface area contributed by atoms with Crippen molar-refractivity contribution in [3.8, 4) is 0 Å². The molecule has 0 unspecified atom stereocenters. The molecule has 3 rings (SSSR count). The van der Waals surface area contributed by atoms with Crippen molar-refractivity contribution >= 4 is 41.2 Å². The van der Waals surface area contributed by atoms with Crippen molar-refractivity contribution in [3.63, 3.8) is 0 Å². The van der Waals surface area contributed by atoms with Crippen LogP contribution in [-0.2, 0) is 14.3 Å². The highest BCUT2D eigenvalue weighted by atomic mass is 35.5. The van der Waals surface area contributed by atoms with Crippen molar-refractivity contribution in [2.75, 3.05) is 7.11 Å². The van der Waals surface area contributed by atoms with Crippen LogP contribution in [0.15, 0.2) is 65.4 Å². The van der Waals surface area contributed by atoms with Crippen molar-refractivity contribution in [1.82, 2.24) is 4.90 Å². The number of halogens is 2. The molecule has 0 N–H and O–H groups in total. The lowest BCUT2D eigenvalue weighted by molar-refractivity contribution is -0.136. The molecule has 0 aliphatic carbocycles. The Labute approximate surface area is 174 Å². The van der Waals surface area contributed by atoms with E-state index in [4.69, 9.17) is 27.9 Å². The molecular weight excluding hydrogens is 397 g/mol. The lowest BCUT2D eigenvalue weighted by Gasteiger charge is -2.26. The quantitative estimate of drug-likeness (QED) is 0.494. The maximum absolute atomic E-state index is 13.3. The Balaban J connectivity index is 2.10. The van der Waals surface area contributed by atoms with Gasteiger partial charge < -0.3 is 9.64 Å². The number of hydrogen-bond acceptors (Lipinski definition) is 3. The molecule has 144 valence electrons. The van der Waals surface area contributed by atoms with Gasteiger partial charge in [-0.25, -0.2) is 4.79 Å². The zero-order valence-electron chi connectivity index (χ0n) is 15.7. The van der Waals surface area contributed by atoms with Crippen molar-refractivity contribution in [2.45, 2.75) is 19.9 Å². The molecule has 1 aliphatic rings. The summed E-state index contributed by atoms with van der Waals surface area (Å²) in [7, 11) is 1.30. The first-order valence-electron chi connectivity index (χ1n) is 8.70. The SMILES string of the molecule is COC(=O)C1=C(C)N([C@H](C)c2ccccc2)C(=O)/C1=C\c1ccc(Cl)c(Cl)c1. The molecule has 0 saturated heterocycles. The van der Waals surface area contributed by atoms with Gasteiger partial charge in [-0.2, -0.15) is 0 Å². The number of esters is 1. The highest BCUT2D eigenvalue weighted by molar-refractivity contribution is 6.42. The zero-order valence-corrected chi connectivity index (χ0v) is 17.2. The fraction of sp³-hybridized carbons (Fsp3) is 0.182. The van der Waals surface area contributed by atoms with Crippen LogP contribution < -0.4 is 0 Å². The average molecular weight is 416 g/mol. The van der Waals surface area contributed by atoms with Crippen LogP contribution in [0.4, 0.5) is 0 Å². The Kier molecular flexibility index (Phi) is 5.92. The molecule has 0 radical (unpaired) electrons. The van der Waals surface area contributed by atoms with Gasteiger partial charge in [0, 0.05) is 5.70 Å². The molecule has 2 aromatic rings. The van der Waals surface area contributed by atoms with Gasteiger partial charge in [0.2, 0.25) is 0 Å². The Bertz CT molecular complexity index is 996. The molecule has 1 aliphatic heterocycles. The summed E-state index contributed by atoms with van der Waals surface area (Å²) >= 11 is 12.1. The van der Waals surface area contributed by atoms with Gasteiger partial charge in [-0.3, -0.25) is 4.79 Å². The number of rotatable bonds is 4. The molecule has 1 amide bonds. The number of carbonyl (C=O) groups excluding carboxylic acids is 2. The minimum atomic E-state index is -0.556.